The summed E-state index contributed by atoms with van der Waals surface area (Å²) in [5.74, 6) is 0.401. The lowest BCUT2D eigenvalue weighted by atomic mass is 10.2. The lowest BCUT2D eigenvalue weighted by molar-refractivity contribution is -0.137. The van der Waals surface area contributed by atoms with Crippen LogP contribution in [0, 0.1) is 11.3 Å². The van der Waals surface area contributed by atoms with Crippen molar-refractivity contribution in [3.8, 4) is 11.8 Å². The summed E-state index contributed by atoms with van der Waals surface area (Å²) >= 11 is 0. The summed E-state index contributed by atoms with van der Waals surface area (Å²) in [7, 11) is 0. The largest absolute Gasteiger partial charge is 0.416 e. The van der Waals surface area contributed by atoms with Crippen molar-refractivity contribution in [2.24, 2.45) is 0 Å². The molecule has 1 heterocycles. The Kier molecular flexibility index (Phi) is 5.44. The molecule has 0 saturated heterocycles. The molecule has 5 nitrogen and oxygen atoms in total. The van der Waals surface area contributed by atoms with Crippen LogP contribution < -0.4 is 4.90 Å². The quantitative estimate of drug-likeness (QED) is 0.805. The fourth-order valence-corrected chi connectivity index (χ4v) is 2.37. The third-order valence-electron chi connectivity index (χ3n) is 3.39. The Bertz CT molecular complexity index is 724. The maximum Gasteiger partial charge on any atom is 0.416 e. The van der Waals surface area contributed by atoms with E-state index >= 15 is 0 Å². The van der Waals surface area contributed by atoms with Crippen LogP contribution in [0.5, 0.6) is 0 Å². The van der Waals surface area contributed by atoms with Crippen molar-refractivity contribution in [2.45, 2.75) is 32.9 Å². The summed E-state index contributed by atoms with van der Waals surface area (Å²) in [5, 5.41) is 17.6. The van der Waals surface area contributed by atoms with E-state index in [0.717, 1.165) is 29.8 Å². The number of rotatable bonds is 6. The van der Waals surface area contributed by atoms with Gasteiger partial charge in [-0.3, -0.25) is 0 Å². The Morgan fingerprint density at radius 3 is 2.38 bits per heavy atom. The van der Waals surface area contributed by atoms with Crippen LogP contribution in [0.2, 0.25) is 0 Å². The minimum Gasteiger partial charge on any atom is -0.353 e. The Morgan fingerprint density at radius 2 is 1.83 bits per heavy atom. The Hall–Kier alpha value is -2.56. The molecule has 0 unspecified atom stereocenters. The van der Waals surface area contributed by atoms with Crippen molar-refractivity contribution in [1.82, 2.24) is 15.0 Å². The normalized spacial score (nSPS) is 11.3. The van der Waals surface area contributed by atoms with Gasteiger partial charge >= 0.3 is 6.18 Å². The van der Waals surface area contributed by atoms with Crippen LogP contribution >= 0.6 is 0 Å². The van der Waals surface area contributed by atoms with Crippen molar-refractivity contribution in [3.63, 3.8) is 0 Å². The van der Waals surface area contributed by atoms with Crippen LogP contribution in [0.25, 0.3) is 5.69 Å². The monoisotopic (exact) mass is 337 g/mol. The minimum absolute atomic E-state index is 0.106. The van der Waals surface area contributed by atoms with Gasteiger partial charge in [0.25, 0.3) is 0 Å². The Balaban J connectivity index is 2.45. The predicted octanol–water partition coefficient (Wildman–Crippen LogP) is 3.78. The molecule has 0 radical (unpaired) electrons. The molecule has 0 amide bonds. The molecule has 0 N–H and O–H groups in total. The number of anilines is 1. The van der Waals surface area contributed by atoms with Gasteiger partial charge in [-0.05, 0) is 31.0 Å². The Labute approximate surface area is 138 Å². The summed E-state index contributed by atoms with van der Waals surface area (Å²) in [6.07, 6.45) is -2.72. The smallest absolute Gasteiger partial charge is 0.353 e. The Morgan fingerprint density at radius 1 is 1.17 bits per heavy atom. The van der Waals surface area contributed by atoms with Crippen molar-refractivity contribution >= 4 is 5.82 Å². The molecule has 2 aromatic rings. The van der Waals surface area contributed by atoms with Crippen molar-refractivity contribution in [1.29, 1.82) is 5.26 Å². The van der Waals surface area contributed by atoms with Crippen LogP contribution in [-0.2, 0) is 6.18 Å². The van der Waals surface area contributed by atoms with Gasteiger partial charge < -0.3 is 4.90 Å². The van der Waals surface area contributed by atoms with E-state index in [9.17, 15) is 18.4 Å². The van der Waals surface area contributed by atoms with Crippen LogP contribution in [0.1, 0.15) is 37.9 Å². The number of hydrogen-bond acceptors (Lipinski definition) is 4. The maximum absolute atomic E-state index is 12.9. The van der Waals surface area contributed by atoms with Gasteiger partial charge in [0, 0.05) is 13.1 Å². The SMILES string of the molecule is CCCN(CCC)c1nn(-c2cccc(C(F)(F)F)c2)nc1C#N. The molecule has 1 aromatic heterocycles. The van der Waals surface area contributed by atoms with E-state index < -0.39 is 11.7 Å². The second-order valence-corrected chi connectivity index (χ2v) is 5.31. The first-order valence-electron chi connectivity index (χ1n) is 7.70. The number of aromatic nitrogens is 3. The second-order valence-electron chi connectivity index (χ2n) is 5.31. The summed E-state index contributed by atoms with van der Waals surface area (Å²) in [6, 6.07) is 6.69. The van der Waals surface area contributed by atoms with Gasteiger partial charge in [0.2, 0.25) is 5.69 Å². The molecule has 0 aliphatic heterocycles. The zero-order valence-corrected chi connectivity index (χ0v) is 13.5. The van der Waals surface area contributed by atoms with Crippen molar-refractivity contribution in [2.75, 3.05) is 18.0 Å². The van der Waals surface area contributed by atoms with Gasteiger partial charge in [-0.25, -0.2) is 0 Å². The number of nitrogens with zero attached hydrogens (tertiary/aromatic N) is 5. The van der Waals surface area contributed by atoms with E-state index in [-0.39, 0.29) is 11.4 Å². The molecule has 0 bridgehead atoms. The molecule has 0 fully saturated rings. The molecule has 24 heavy (non-hydrogen) atoms. The first kappa shape index (κ1) is 17.8. The third-order valence-corrected chi connectivity index (χ3v) is 3.39. The first-order chi connectivity index (χ1) is 11.4. The zero-order valence-electron chi connectivity index (χ0n) is 13.5. The van der Waals surface area contributed by atoms with E-state index in [0.29, 0.717) is 18.9 Å². The van der Waals surface area contributed by atoms with E-state index in [4.69, 9.17) is 0 Å². The summed E-state index contributed by atoms with van der Waals surface area (Å²) < 4.78 is 38.6. The molecule has 0 spiro atoms. The number of alkyl halides is 3. The van der Waals surface area contributed by atoms with Crippen LogP contribution in [0.4, 0.5) is 19.0 Å². The molecule has 0 atom stereocenters. The minimum atomic E-state index is -4.44. The predicted molar refractivity (Wildman–Crippen MR) is 83.9 cm³/mol. The van der Waals surface area contributed by atoms with Gasteiger partial charge in [-0.15, -0.1) is 15.0 Å². The zero-order chi connectivity index (χ0) is 17.7. The number of nitriles is 1. The molecule has 8 heteroatoms. The lowest BCUT2D eigenvalue weighted by Gasteiger charge is -2.20. The second kappa shape index (κ2) is 7.34. The highest BCUT2D eigenvalue weighted by molar-refractivity contribution is 5.50. The van der Waals surface area contributed by atoms with Crippen LogP contribution in [0.3, 0.4) is 0 Å². The van der Waals surface area contributed by atoms with Crippen molar-refractivity contribution in [3.05, 3.63) is 35.5 Å². The fourth-order valence-electron chi connectivity index (χ4n) is 2.37. The molecule has 2 rings (SSSR count). The maximum atomic E-state index is 12.9. The molecular formula is C16H18F3N5. The molecule has 0 aliphatic carbocycles. The molecule has 128 valence electrons. The number of benzene rings is 1. The molecule has 0 aliphatic rings. The van der Waals surface area contributed by atoms with E-state index in [1.165, 1.54) is 12.1 Å². The standard InChI is InChI=1S/C16H18F3N5/c1-3-8-23(9-4-2)15-14(11-20)21-24(22-15)13-7-5-6-12(10-13)16(17,18)19/h5-7,10H,3-4,8-9H2,1-2H3. The fraction of sp³-hybridized carbons (Fsp3) is 0.438. The summed E-state index contributed by atoms with van der Waals surface area (Å²) in [6.45, 7) is 5.41. The van der Waals surface area contributed by atoms with Gasteiger partial charge in [0.1, 0.15) is 6.07 Å². The number of hydrogen-bond donors (Lipinski definition) is 0. The lowest BCUT2D eigenvalue weighted by Crippen LogP contribution is -2.26. The highest BCUT2D eigenvalue weighted by Gasteiger charge is 2.30. The number of halogens is 3. The average Bonchev–Trinajstić information content (AvgIpc) is 2.98. The van der Waals surface area contributed by atoms with E-state index in [1.54, 1.807) is 0 Å². The molecule has 0 saturated carbocycles. The van der Waals surface area contributed by atoms with E-state index in [1.807, 2.05) is 24.8 Å². The topological polar surface area (TPSA) is 57.7 Å². The first-order valence-corrected chi connectivity index (χ1v) is 7.70. The van der Waals surface area contributed by atoms with Gasteiger partial charge in [-0.2, -0.15) is 18.4 Å². The molecule has 1 aromatic carbocycles. The summed E-state index contributed by atoms with van der Waals surface area (Å²) in [5.41, 5.74) is -0.508. The molecular weight excluding hydrogens is 319 g/mol. The van der Waals surface area contributed by atoms with Crippen LogP contribution in [0.15, 0.2) is 24.3 Å². The van der Waals surface area contributed by atoms with Crippen molar-refractivity contribution < 1.29 is 13.2 Å². The van der Waals surface area contributed by atoms with Crippen LogP contribution in [-0.4, -0.2) is 28.1 Å². The highest BCUT2D eigenvalue weighted by atomic mass is 19.4. The third kappa shape index (κ3) is 3.85. The van der Waals surface area contributed by atoms with Gasteiger partial charge in [0.05, 0.1) is 11.3 Å². The van der Waals surface area contributed by atoms with Gasteiger partial charge in [-0.1, -0.05) is 19.9 Å². The summed E-state index contributed by atoms with van der Waals surface area (Å²) in [4.78, 5) is 3.01. The highest BCUT2D eigenvalue weighted by Crippen LogP contribution is 2.30. The van der Waals surface area contributed by atoms with E-state index in [2.05, 4.69) is 10.2 Å². The van der Waals surface area contributed by atoms with Gasteiger partial charge in [0.15, 0.2) is 5.82 Å². The average molecular weight is 337 g/mol.